The van der Waals surface area contributed by atoms with E-state index in [9.17, 15) is 4.79 Å². The van der Waals surface area contributed by atoms with Crippen LogP contribution in [0.2, 0.25) is 0 Å². The van der Waals surface area contributed by atoms with E-state index in [1.807, 2.05) is 14.1 Å². The van der Waals surface area contributed by atoms with Gasteiger partial charge in [0.25, 0.3) is 0 Å². The Balaban J connectivity index is 2.76. The van der Waals surface area contributed by atoms with Gasteiger partial charge in [0.1, 0.15) is 0 Å². The molecule has 1 rings (SSSR count). The van der Waals surface area contributed by atoms with E-state index in [1.54, 1.807) is 13.8 Å². The normalized spacial score (nSPS) is 13.3. The lowest BCUT2D eigenvalue weighted by atomic mass is 10.0. The van der Waals surface area contributed by atoms with Gasteiger partial charge >= 0.3 is 0 Å². The van der Waals surface area contributed by atoms with Gasteiger partial charge in [-0.2, -0.15) is 0 Å². The van der Waals surface area contributed by atoms with Crippen molar-refractivity contribution in [1.29, 1.82) is 0 Å². The zero-order chi connectivity index (χ0) is 15.3. The highest BCUT2D eigenvalue weighted by molar-refractivity contribution is 5.85. The van der Waals surface area contributed by atoms with Gasteiger partial charge in [0.05, 0.1) is 11.6 Å². The Morgan fingerprint density at radius 2 is 1.85 bits per heavy atom. The summed E-state index contributed by atoms with van der Waals surface area (Å²) in [7, 11) is 4.02. The van der Waals surface area contributed by atoms with Crippen LogP contribution in [0.1, 0.15) is 37.9 Å². The Kier molecular flexibility index (Phi) is 5.72. The van der Waals surface area contributed by atoms with Gasteiger partial charge in [0.15, 0.2) is 0 Å². The third-order valence-corrected chi connectivity index (χ3v) is 3.44. The fraction of sp³-hybridized carbons (Fsp3) is 0.562. The maximum Gasteiger partial charge on any atom is 0.239 e. The highest BCUT2D eigenvalue weighted by Crippen LogP contribution is 2.18. The summed E-state index contributed by atoms with van der Waals surface area (Å²) in [4.78, 5) is 14.0. The van der Waals surface area contributed by atoms with Gasteiger partial charge in [-0.3, -0.25) is 4.79 Å². The Morgan fingerprint density at radius 1 is 1.30 bits per heavy atom. The molecule has 1 atom stereocenters. The van der Waals surface area contributed by atoms with Crippen molar-refractivity contribution in [2.75, 3.05) is 20.6 Å². The predicted molar refractivity (Wildman–Crippen MR) is 83.5 cm³/mol. The van der Waals surface area contributed by atoms with E-state index in [0.717, 1.165) is 6.42 Å². The van der Waals surface area contributed by atoms with Gasteiger partial charge in [-0.05, 0) is 45.5 Å². The number of rotatable bonds is 6. The molecule has 0 heterocycles. The molecule has 0 aliphatic carbocycles. The molecule has 0 saturated carbocycles. The third kappa shape index (κ3) is 4.62. The quantitative estimate of drug-likeness (QED) is 0.832. The van der Waals surface area contributed by atoms with E-state index in [4.69, 9.17) is 5.73 Å². The largest absolute Gasteiger partial charge is 0.353 e. The smallest absolute Gasteiger partial charge is 0.239 e. The maximum atomic E-state index is 11.9. The lowest BCUT2D eigenvalue weighted by Crippen LogP contribution is -2.50. The van der Waals surface area contributed by atoms with Gasteiger partial charge in [0.2, 0.25) is 5.91 Å². The van der Waals surface area contributed by atoms with E-state index in [1.165, 1.54) is 11.1 Å². The number of nitrogens with one attached hydrogen (secondary N) is 1. The molecule has 1 unspecified atom stereocenters. The summed E-state index contributed by atoms with van der Waals surface area (Å²) in [5.74, 6) is -0.130. The van der Waals surface area contributed by atoms with Crippen LogP contribution in [0.5, 0.6) is 0 Å². The summed E-state index contributed by atoms with van der Waals surface area (Å²) in [6.45, 7) is 6.12. The lowest BCUT2D eigenvalue weighted by molar-refractivity contribution is -0.125. The number of hydrogen-bond donors (Lipinski definition) is 2. The second-order valence-corrected chi connectivity index (χ2v) is 6.01. The molecule has 0 saturated heterocycles. The third-order valence-electron chi connectivity index (χ3n) is 3.44. The van der Waals surface area contributed by atoms with E-state index in [0.29, 0.717) is 6.54 Å². The Morgan fingerprint density at radius 3 is 2.25 bits per heavy atom. The molecule has 4 heteroatoms. The van der Waals surface area contributed by atoms with Crippen molar-refractivity contribution in [2.45, 2.75) is 38.8 Å². The van der Waals surface area contributed by atoms with Gasteiger partial charge in [0, 0.05) is 6.54 Å². The van der Waals surface area contributed by atoms with Crippen LogP contribution in [0, 0.1) is 0 Å². The van der Waals surface area contributed by atoms with Gasteiger partial charge < -0.3 is 16.0 Å². The van der Waals surface area contributed by atoms with Crippen molar-refractivity contribution in [3.63, 3.8) is 0 Å². The second kappa shape index (κ2) is 6.86. The van der Waals surface area contributed by atoms with Crippen molar-refractivity contribution in [1.82, 2.24) is 10.2 Å². The number of carbonyl (C=O) groups is 1. The minimum absolute atomic E-state index is 0.130. The molecule has 112 valence electrons. The van der Waals surface area contributed by atoms with Crippen LogP contribution in [0.4, 0.5) is 0 Å². The zero-order valence-electron chi connectivity index (χ0n) is 13.2. The Labute approximate surface area is 122 Å². The molecule has 0 bridgehead atoms. The Bertz CT molecular complexity index is 432. The van der Waals surface area contributed by atoms with Crippen molar-refractivity contribution in [2.24, 2.45) is 5.73 Å². The number of nitrogens with zero attached hydrogens (tertiary/aromatic N) is 1. The molecule has 4 nitrogen and oxygen atoms in total. The first kappa shape index (κ1) is 16.7. The molecule has 0 fully saturated rings. The first-order valence-corrected chi connectivity index (χ1v) is 7.08. The van der Waals surface area contributed by atoms with Gasteiger partial charge in [-0.1, -0.05) is 31.2 Å². The zero-order valence-corrected chi connectivity index (χ0v) is 13.2. The molecule has 0 aliphatic rings. The summed E-state index contributed by atoms with van der Waals surface area (Å²) < 4.78 is 0. The van der Waals surface area contributed by atoms with Crippen LogP contribution >= 0.6 is 0 Å². The fourth-order valence-electron chi connectivity index (χ4n) is 1.99. The number of nitrogens with two attached hydrogens (primary N) is 1. The second-order valence-electron chi connectivity index (χ2n) is 6.01. The molecule has 0 aliphatic heterocycles. The Hall–Kier alpha value is -1.39. The van der Waals surface area contributed by atoms with Crippen molar-refractivity contribution in [3.05, 3.63) is 35.4 Å². The van der Waals surface area contributed by atoms with Gasteiger partial charge in [-0.25, -0.2) is 0 Å². The predicted octanol–water partition coefficient (Wildman–Crippen LogP) is 1.71. The number of carbonyl (C=O) groups excluding carboxylic acids is 1. The lowest BCUT2D eigenvalue weighted by Gasteiger charge is -2.27. The molecule has 0 aromatic heterocycles. The van der Waals surface area contributed by atoms with E-state index in [-0.39, 0.29) is 11.9 Å². The summed E-state index contributed by atoms with van der Waals surface area (Å²) in [5, 5.41) is 2.93. The monoisotopic (exact) mass is 277 g/mol. The summed E-state index contributed by atoms with van der Waals surface area (Å²) in [5.41, 5.74) is 7.46. The first-order chi connectivity index (χ1) is 9.25. The van der Waals surface area contributed by atoms with Crippen LogP contribution in [0.15, 0.2) is 24.3 Å². The average Bonchev–Trinajstić information content (AvgIpc) is 2.38. The SMILES string of the molecule is CCc1ccc(C(CNC(=O)C(C)(C)N)N(C)C)cc1. The number of amides is 1. The van der Waals surface area contributed by atoms with Crippen molar-refractivity contribution >= 4 is 5.91 Å². The molecule has 3 N–H and O–H groups in total. The topological polar surface area (TPSA) is 58.4 Å². The van der Waals surface area contributed by atoms with Crippen LogP contribution in [0.25, 0.3) is 0 Å². The van der Waals surface area contributed by atoms with Crippen molar-refractivity contribution in [3.8, 4) is 0 Å². The van der Waals surface area contributed by atoms with Crippen LogP contribution in [-0.4, -0.2) is 37.0 Å². The van der Waals surface area contributed by atoms with Crippen LogP contribution in [0.3, 0.4) is 0 Å². The number of likely N-dealkylation sites (N-methyl/N-ethyl adjacent to an activating group) is 1. The molecule has 0 radical (unpaired) electrons. The van der Waals surface area contributed by atoms with E-state index >= 15 is 0 Å². The molecule has 0 spiro atoms. The molecule has 1 aromatic carbocycles. The number of aryl methyl sites for hydroxylation is 1. The number of hydrogen-bond acceptors (Lipinski definition) is 3. The summed E-state index contributed by atoms with van der Waals surface area (Å²) in [6.07, 6.45) is 1.03. The average molecular weight is 277 g/mol. The summed E-state index contributed by atoms with van der Waals surface area (Å²) in [6, 6.07) is 8.68. The van der Waals surface area contributed by atoms with Gasteiger partial charge in [-0.15, -0.1) is 0 Å². The highest BCUT2D eigenvalue weighted by Gasteiger charge is 2.23. The minimum atomic E-state index is -0.844. The fourth-order valence-corrected chi connectivity index (χ4v) is 1.99. The molecule has 20 heavy (non-hydrogen) atoms. The minimum Gasteiger partial charge on any atom is -0.353 e. The molecular weight excluding hydrogens is 250 g/mol. The molecule has 1 amide bonds. The maximum absolute atomic E-state index is 11.9. The summed E-state index contributed by atoms with van der Waals surface area (Å²) >= 11 is 0. The van der Waals surface area contributed by atoms with Crippen LogP contribution in [-0.2, 0) is 11.2 Å². The highest BCUT2D eigenvalue weighted by atomic mass is 16.2. The molecular formula is C16H27N3O. The van der Waals surface area contributed by atoms with E-state index < -0.39 is 5.54 Å². The molecule has 1 aromatic rings. The standard InChI is InChI=1S/C16H27N3O/c1-6-12-7-9-13(10-8-12)14(19(4)5)11-18-15(20)16(2,3)17/h7-10,14H,6,11,17H2,1-5H3,(H,18,20). The first-order valence-electron chi connectivity index (χ1n) is 7.08. The van der Waals surface area contributed by atoms with Crippen molar-refractivity contribution < 1.29 is 4.79 Å². The van der Waals surface area contributed by atoms with E-state index in [2.05, 4.69) is 41.4 Å². The number of benzene rings is 1. The van der Waals surface area contributed by atoms with Crippen LogP contribution < -0.4 is 11.1 Å².